The zero-order valence-electron chi connectivity index (χ0n) is 23.3. The Kier molecular flexibility index (Phi) is 5.03. The van der Waals surface area contributed by atoms with Crippen molar-refractivity contribution in [3.63, 3.8) is 0 Å². The summed E-state index contributed by atoms with van der Waals surface area (Å²) in [5, 5.41) is 9.66. The van der Waals surface area contributed by atoms with Gasteiger partial charge in [0, 0.05) is 68.7 Å². The maximum absolute atomic E-state index is 6.69. The highest BCUT2D eigenvalue weighted by Crippen LogP contribution is 2.45. The number of hydrogen-bond donors (Lipinski definition) is 0. The van der Waals surface area contributed by atoms with Crippen molar-refractivity contribution in [1.29, 1.82) is 0 Å². The van der Waals surface area contributed by atoms with Crippen molar-refractivity contribution in [1.82, 2.24) is 4.98 Å². The SMILES string of the molecule is c1ccc2cc3c(cc2c1)oc1c(N(c2ccc4c(c2)sc2ccccc24)c2ccc4c(c2)sc2ccccc24)nccc13. The molecule has 0 N–H and O–H groups in total. The number of benzene rings is 6. The van der Waals surface area contributed by atoms with Crippen LogP contribution in [0.3, 0.4) is 0 Å². The molecule has 4 aromatic heterocycles. The highest BCUT2D eigenvalue weighted by molar-refractivity contribution is 7.26. The minimum absolute atomic E-state index is 0.781. The number of rotatable bonds is 3. The third kappa shape index (κ3) is 3.51. The predicted octanol–water partition coefficient (Wildman–Crippen LogP) is 12.3. The molecule has 10 rings (SSSR count). The normalized spacial score (nSPS) is 12.1. The van der Waals surface area contributed by atoms with Gasteiger partial charge in [-0.25, -0.2) is 4.98 Å². The fourth-order valence-corrected chi connectivity index (χ4v) is 8.91. The van der Waals surface area contributed by atoms with Gasteiger partial charge >= 0.3 is 0 Å². The lowest BCUT2D eigenvalue weighted by Gasteiger charge is -2.24. The number of hydrogen-bond acceptors (Lipinski definition) is 5. The number of pyridine rings is 1. The standard InChI is InChI=1S/C39H22N2OS2/c1-2-8-24-20-33-32(19-23(24)7-1)31-17-18-40-39(38(31)42-33)41(25-13-15-29-27-9-3-5-11-34(27)43-36(29)21-25)26-14-16-30-28-10-4-6-12-35(28)44-37(30)22-26/h1-22H. The van der Waals surface area contributed by atoms with Crippen LogP contribution in [-0.4, -0.2) is 4.98 Å². The smallest absolute Gasteiger partial charge is 0.181 e. The number of nitrogens with zero attached hydrogens (tertiary/aromatic N) is 2. The van der Waals surface area contributed by atoms with Crippen molar-refractivity contribution in [3.8, 4) is 0 Å². The van der Waals surface area contributed by atoms with Gasteiger partial charge in [0.05, 0.1) is 0 Å². The highest BCUT2D eigenvalue weighted by Gasteiger charge is 2.22. The van der Waals surface area contributed by atoms with Gasteiger partial charge < -0.3 is 4.42 Å². The van der Waals surface area contributed by atoms with Crippen LogP contribution in [0.5, 0.6) is 0 Å². The number of furan rings is 1. The highest BCUT2D eigenvalue weighted by atomic mass is 32.1. The average Bonchev–Trinajstić information content (AvgIpc) is 3.74. The van der Waals surface area contributed by atoms with Gasteiger partial charge in [-0.05, 0) is 65.4 Å². The van der Waals surface area contributed by atoms with E-state index in [0.717, 1.165) is 44.5 Å². The van der Waals surface area contributed by atoms with Crippen molar-refractivity contribution in [2.45, 2.75) is 0 Å². The summed E-state index contributed by atoms with van der Waals surface area (Å²) in [4.78, 5) is 7.27. The molecule has 206 valence electrons. The molecule has 0 radical (unpaired) electrons. The van der Waals surface area contributed by atoms with E-state index in [-0.39, 0.29) is 0 Å². The lowest BCUT2D eigenvalue weighted by molar-refractivity contribution is 0.667. The summed E-state index contributed by atoms with van der Waals surface area (Å²) < 4.78 is 11.8. The Labute approximate surface area is 259 Å². The van der Waals surface area contributed by atoms with Crippen LogP contribution < -0.4 is 4.90 Å². The zero-order valence-corrected chi connectivity index (χ0v) is 25.0. The van der Waals surface area contributed by atoms with E-state index in [2.05, 4.69) is 132 Å². The van der Waals surface area contributed by atoms with E-state index in [4.69, 9.17) is 9.40 Å². The Morgan fingerprint density at radius 2 is 1.05 bits per heavy atom. The fraction of sp³-hybridized carbons (Fsp3) is 0. The van der Waals surface area contributed by atoms with Crippen molar-refractivity contribution in [2.75, 3.05) is 4.90 Å². The lowest BCUT2D eigenvalue weighted by atomic mass is 10.1. The summed E-state index contributed by atoms with van der Waals surface area (Å²) in [6.07, 6.45) is 1.91. The molecule has 0 saturated carbocycles. The molecular formula is C39H22N2OS2. The van der Waals surface area contributed by atoms with E-state index in [1.165, 1.54) is 45.7 Å². The summed E-state index contributed by atoms with van der Waals surface area (Å²) in [7, 11) is 0. The minimum Gasteiger partial charge on any atom is -0.452 e. The molecule has 10 aromatic rings. The van der Waals surface area contributed by atoms with E-state index in [0.29, 0.717) is 0 Å². The van der Waals surface area contributed by atoms with Crippen LogP contribution in [0, 0.1) is 0 Å². The van der Waals surface area contributed by atoms with E-state index in [9.17, 15) is 0 Å². The molecule has 6 aromatic carbocycles. The molecule has 0 aliphatic rings. The van der Waals surface area contributed by atoms with E-state index in [1.54, 1.807) is 0 Å². The minimum atomic E-state index is 0.781. The van der Waals surface area contributed by atoms with Gasteiger partial charge in [0.15, 0.2) is 11.4 Å². The second-order valence-electron chi connectivity index (χ2n) is 11.2. The Morgan fingerprint density at radius 3 is 1.70 bits per heavy atom. The summed E-state index contributed by atoms with van der Waals surface area (Å²) >= 11 is 3.66. The van der Waals surface area contributed by atoms with Crippen LogP contribution in [0.2, 0.25) is 0 Å². The largest absolute Gasteiger partial charge is 0.452 e. The van der Waals surface area contributed by atoms with Crippen LogP contribution in [-0.2, 0) is 0 Å². The number of fused-ring (bicyclic) bond motifs is 10. The molecule has 4 heterocycles. The monoisotopic (exact) mass is 598 g/mol. The molecule has 3 nitrogen and oxygen atoms in total. The van der Waals surface area contributed by atoms with Gasteiger partial charge in [0.25, 0.3) is 0 Å². The first-order valence-electron chi connectivity index (χ1n) is 14.6. The first-order valence-corrected chi connectivity index (χ1v) is 16.2. The summed E-state index contributed by atoms with van der Waals surface area (Å²) in [6, 6.07) is 45.7. The maximum Gasteiger partial charge on any atom is 0.181 e. The van der Waals surface area contributed by atoms with Gasteiger partial charge in [-0.15, -0.1) is 22.7 Å². The summed E-state index contributed by atoms with van der Waals surface area (Å²) in [5.41, 5.74) is 3.75. The van der Waals surface area contributed by atoms with Crippen molar-refractivity contribution in [2.24, 2.45) is 0 Å². The van der Waals surface area contributed by atoms with Crippen molar-refractivity contribution in [3.05, 3.63) is 134 Å². The first kappa shape index (κ1) is 24.2. The van der Waals surface area contributed by atoms with Gasteiger partial charge in [-0.2, -0.15) is 0 Å². The van der Waals surface area contributed by atoms with Crippen molar-refractivity contribution >= 4 is 113 Å². The maximum atomic E-state index is 6.69. The predicted molar refractivity (Wildman–Crippen MR) is 189 cm³/mol. The zero-order chi connectivity index (χ0) is 28.8. The van der Waals surface area contributed by atoms with Crippen LogP contribution in [0.25, 0.3) is 73.1 Å². The molecule has 0 fully saturated rings. The summed E-state index contributed by atoms with van der Waals surface area (Å²) in [5.74, 6) is 0.781. The molecule has 0 saturated heterocycles. The molecule has 0 aliphatic carbocycles. The molecule has 44 heavy (non-hydrogen) atoms. The van der Waals surface area contributed by atoms with Gasteiger partial charge in [-0.3, -0.25) is 4.90 Å². The Hall–Kier alpha value is -5.23. The van der Waals surface area contributed by atoms with Gasteiger partial charge in [-0.1, -0.05) is 72.8 Å². The third-order valence-electron chi connectivity index (χ3n) is 8.69. The quantitative estimate of drug-likeness (QED) is 0.203. The molecular weight excluding hydrogens is 577 g/mol. The first-order chi connectivity index (χ1) is 21.8. The van der Waals surface area contributed by atoms with Crippen molar-refractivity contribution < 1.29 is 4.42 Å². The molecule has 0 amide bonds. The molecule has 0 spiro atoms. The van der Waals surface area contributed by atoms with E-state index < -0.39 is 0 Å². The molecule has 5 heteroatoms. The second-order valence-corrected chi connectivity index (χ2v) is 13.4. The lowest BCUT2D eigenvalue weighted by Crippen LogP contribution is -2.11. The third-order valence-corrected chi connectivity index (χ3v) is 11.0. The van der Waals surface area contributed by atoms with Gasteiger partial charge in [0.2, 0.25) is 0 Å². The molecule has 0 unspecified atom stereocenters. The van der Waals surface area contributed by atoms with E-state index in [1.807, 2.05) is 28.9 Å². The summed E-state index contributed by atoms with van der Waals surface area (Å²) in [6.45, 7) is 0. The average molecular weight is 599 g/mol. The second kappa shape index (κ2) is 9.13. The van der Waals surface area contributed by atoms with Gasteiger partial charge in [0.1, 0.15) is 5.58 Å². The number of aromatic nitrogens is 1. The topological polar surface area (TPSA) is 29.3 Å². The van der Waals surface area contributed by atoms with Crippen LogP contribution >= 0.6 is 22.7 Å². The Balaban J connectivity index is 1.26. The molecule has 0 aliphatic heterocycles. The molecule has 0 bridgehead atoms. The number of thiophene rings is 2. The Bertz CT molecular complexity index is 2640. The van der Waals surface area contributed by atoms with Crippen LogP contribution in [0.15, 0.2) is 138 Å². The Morgan fingerprint density at radius 1 is 0.477 bits per heavy atom. The molecule has 0 atom stereocenters. The number of anilines is 3. The van der Waals surface area contributed by atoms with Crippen LogP contribution in [0.1, 0.15) is 0 Å². The fourth-order valence-electron chi connectivity index (χ4n) is 6.63. The van der Waals surface area contributed by atoms with Crippen LogP contribution in [0.4, 0.5) is 17.2 Å². The van der Waals surface area contributed by atoms with E-state index >= 15 is 0 Å².